The number of aryl methyl sites for hydroxylation is 2. The summed E-state index contributed by atoms with van der Waals surface area (Å²) in [7, 11) is 1.76. The van der Waals surface area contributed by atoms with Crippen molar-refractivity contribution in [1.29, 1.82) is 0 Å². The minimum absolute atomic E-state index is 0.246. The predicted octanol–water partition coefficient (Wildman–Crippen LogP) is 0.850. The molecule has 0 spiro atoms. The molecule has 2 rings (SSSR count). The van der Waals surface area contributed by atoms with E-state index in [9.17, 15) is 0 Å². The summed E-state index contributed by atoms with van der Waals surface area (Å²) in [5, 5.41) is 4.01. The Morgan fingerprint density at radius 1 is 1.41 bits per heavy atom. The predicted molar refractivity (Wildman–Crippen MR) is 61.6 cm³/mol. The van der Waals surface area contributed by atoms with Crippen molar-refractivity contribution in [2.45, 2.75) is 20.3 Å². The van der Waals surface area contributed by atoms with Gasteiger partial charge in [-0.2, -0.15) is 9.97 Å². The van der Waals surface area contributed by atoms with E-state index in [0.717, 1.165) is 0 Å². The number of nitrogen functional groups attached to an aromatic ring is 1. The topological polar surface area (TPSA) is 91.7 Å². The number of rotatable bonds is 3. The minimum Gasteiger partial charge on any atom is -0.404 e. The van der Waals surface area contributed by atoms with Gasteiger partial charge in [0.1, 0.15) is 18.0 Å². The van der Waals surface area contributed by atoms with Crippen molar-refractivity contribution >= 4 is 5.82 Å². The number of aromatic nitrogens is 5. The lowest BCUT2D eigenvalue weighted by molar-refractivity contribution is 0.416. The Hall–Kier alpha value is -2.18. The molecule has 0 aromatic carbocycles. The molecule has 0 fully saturated rings. The van der Waals surface area contributed by atoms with Gasteiger partial charge >= 0.3 is 6.01 Å². The molecule has 2 N–H and O–H groups in total. The fourth-order valence-electron chi connectivity index (χ4n) is 1.27. The second kappa shape index (κ2) is 4.36. The average Bonchev–Trinajstić information content (AvgIpc) is 2.70. The molecule has 0 aliphatic heterocycles. The molecule has 90 valence electrons. The highest BCUT2D eigenvalue weighted by Gasteiger charge is 2.11. The van der Waals surface area contributed by atoms with Gasteiger partial charge in [-0.15, -0.1) is 5.10 Å². The van der Waals surface area contributed by atoms with Crippen LogP contribution in [0.3, 0.4) is 0 Å². The van der Waals surface area contributed by atoms with E-state index < -0.39 is 0 Å². The maximum atomic E-state index is 5.78. The Balaban J connectivity index is 2.34. The summed E-state index contributed by atoms with van der Waals surface area (Å²) in [4.78, 5) is 12.4. The van der Waals surface area contributed by atoms with Crippen LogP contribution in [0.4, 0.5) is 5.82 Å². The SMILES string of the molecule is CCc1nc(N)c(C)c(Oc2ncn(C)n2)n1. The molecule has 7 heteroatoms. The molecule has 0 atom stereocenters. The van der Waals surface area contributed by atoms with Crippen molar-refractivity contribution in [3.05, 3.63) is 17.7 Å². The van der Waals surface area contributed by atoms with E-state index >= 15 is 0 Å². The van der Waals surface area contributed by atoms with Crippen molar-refractivity contribution in [2.75, 3.05) is 5.73 Å². The molecule has 2 heterocycles. The van der Waals surface area contributed by atoms with Crippen molar-refractivity contribution in [2.24, 2.45) is 7.05 Å². The zero-order valence-corrected chi connectivity index (χ0v) is 10.0. The smallest absolute Gasteiger partial charge is 0.342 e. The molecule has 0 unspecified atom stereocenters. The Morgan fingerprint density at radius 2 is 2.18 bits per heavy atom. The standard InChI is InChI=1S/C10H14N6O/c1-4-7-13-8(11)6(2)9(14-7)17-10-12-5-16(3)15-10/h5H,4H2,1-3H3,(H2,11,13,14). The molecular weight excluding hydrogens is 220 g/mol. The number of anilines is 1. The van der Waals surface area contributed by atoms with E-state index in [1.165, 1.54) is 0 Å². The molecule has 2 aromatic rings. The van der Waals surface area contributed by atoms with Crippen molar-refractivity contribution < 1.29 is 4.74 Å². The molecule has 0 amide bonds. The fraction of sp³-hybridized carbons (Fsp3) is 0.400. The highest BCUT2D eigenvalue weighted by atomic mass is 16.5. The molecule has 7 nitrogen and oxygen atoms in total. The van der Waals surface area contributed by atoms with Crippen molar-refractivity contribution in [3.8, 4) is 11.9 Å². The largest absolute Gasteiger partial charge is 0.404 e. The number of hydrogen-bond donors (Lipinski definition) is 1. The van der Waals surface area contributed by atoms with E-state index in [1.54, 1.807) is 25.0 Å². The first-order valence-electron chi connectivity index (χ1n) is 5.26. The number of nitrogens with two attached hydrogens (primary N) is 1. The van der Waals surface area contributed by atoms with Crippen LogP contribution in [0.5, 0.6) is 11.9 Å². The van der Waals surface area contributed by atoms with Crippen LogP contribution in [0.15, 0.2) is 6.33 Å². The number of ether oxygens (including phenoxy) is 1. The van der Waals surface area contributed by atoms with E-state index in [4.69, 9.17) is 10.5 Å². The average molecular weight is 234 g/mol. The van der Waals surface area contributed by atoms with Crippen LogP contribution in [0.1, 0.15) is 18.3 Å². The molecule has 17 heavy (non-hydrogen) atoms. The summed E-state index contributed by atoms with van der Waals surface area (Å²) in [6.45, 7) is 3.75. The lowest BCUT2D eigenvalue weighted by atomic mass is 10.3. The van der Waals surface area contributed by atoms with E-state index in [-0.39, 0.29) is 6.01 Å². The zero-order valence-electron chi connectivity index (χ0n) is 10.0. The van der Waals surface area contributed by atoms with Gasteiger partial charge in [0.05, 0.1) is 5.56 Å². The quantitative estimate of drug-likeness (QED) is 0.846. The van der Waals surface area contributed by atoms with Crippen LogP contribution in [-0.4, -0.2) is 24.7 Å². The maximum absolute atomic E-state index is 5.78. The number of hydrogen-bond acceptors (Lipinski definition) is 6. The summed E-state index contributed by atoms with van der Waals surface area (Å²) in [6.07, 6.45) is 2.24. The van der Waals surface area contributed by atoms with Gasteiger partial charge in [0.15, 0.2) is 0 Å². The molecular formula is C10H14N6O. The second-order valence-electron chi connectivity index (χ2n) is 3.61. The molecule has 0 aliphatic carbocycles. The first-order chi connectivity index (χ1) is 8.10. The van der Waals surface area contributed by atoms with Crippen molar-refractivity contribution in [3.63, 3.8) is 0 Å². The third-order valence-corrected chi connectivity index (χ3v) is 2.27. The lowest BCUT2D eigenvalue weighted by Crippen LogP contribution is -2.04. The second-order valence-corrected chi connectivity index (χ2v) is 3.61. The Kier molecular flexibility index (Phi) is 2.90. The van der Waals surface area contributed by atoms with E-state index in [1.807, 2.05) is 6.92 Å². The summed E-state index contributed by atoms with van der Waals surface area (Å²) < 4.78 is 7.03. The minimum atomic E-state index is 0.246. The van der Waals surface area contributed by atoms with Gasteiger partial charge in [-0.25, -0.2) is 4.98 Å². The lowest BCUT2D eigenvalue weighted by Gasteiger charge is -2.07. The third-order valence-electron chi connectivity index (χ3n) is 2.27. The Morgan fingerprint density at radius 3 is 2.76 bits per heavy atom. The van der Waals surface area contributed by atoms with E-state index in [2.05, 4.69) is 20.1 Å². The van der Waals surface area contributed by atoms with Gasteiger partial charge in [0, 0.05) is 13.5 Å². The zero-order chi connectivity index (χ0) is 12.4. The Labute approximate surface area is 98.7 Å². The van der Waals surface area contributed by atoms with Crippen LogP contribution in [0, 0.1) is 6.92 Å². The van der Waals surface area contributed by atoms with Gasteiger partial charge < -0.3 is 10.5 Å². The summed E-state index contributed by atoms with van der Waals surface area (Å²) in [5.41, 5.74) is 6.47. The molecule has 0 bridgehead atoms. The van der Waals surface area contributed by atoms with Crippen molar-refractivity contribution in [1.82, 2.24) is 24.7 Å². The van der Waals surface area contributed by atoms with Gasteiger partial charge in [-0.1, -0.05) is 6.92 Å². The molecule has 0 saturated carbocycles. The number of nitrogens with zero attached hydrogens (tertiary/aromatic N) is 5. The van der Waals surface area contributed by atoms with Gasteiger partial charge in [0.2, 0.25) is 5.88 Å². The molecule has 2 aromatic heterocycles. The van der Waals surface area contributed by atoms with Crippen LogP contribution in [-0.2, 0) is 13.5 Å². The van der Waals surface area contributed by atoms with Crippen LogP contribution in [0.2, 0.25) is 0 Å². The summed E-state index contributed by atoms with van der Waals surface area (Å²) >= 11 is 0. The van der Waals surface area contributed by atoms with E-state index in [0.29, 0.717) is 29.5 Å². The van der Waals surface area contributed by atoms with Gasteiger partial charge in [-0.05, 0) is 6.92 Å². The monoisotopic (exact) mass is 234 g/mol. The third kappa shape index (κ3) is 2.32. The Bertz CT molecular complexity index is 536. The maximum Gasteiger partial charge on any atom is 0.342 e. The van der Waals surface area contributed by atoms with Crippen LogP contribution >= 0.6 is 0 Å². The van der Waals surface area contributed by atoms with Gasteiger partial charge in [-0.3, -0.25) is 4.68 Å². The molecule has 0 aliphatic rings. The first kappa shape index (κ1) is 11.3. The van der Waals surface area contributed by atoms with Crippen LogP contribution in [0.25, 0.3) is 0 Å². The molecule has 0 saturated heterocycles. The van der Waals surface area contributed by atoms with Crippen LogP contribution < -0.4 is 10.5 Å². The first-order valence-corrected chi connectivity index (χ1v) is 5.26. The fourth-order valence-corrected chi connectivity index (χ4v) is 1.27. The van der Waals surface area contributed by atoms with Gasteiger partial charge in [0.25, 0.3) is 0 Å². The summed E-state index contributed by atoms with van der Waals surface area (Å²) in [5.74, 6) is 1.46. The molecule has 0 radical (unpaired) electrons. The highest BCUT2D eigenvalue weighted by Crippen LogP contribution is 2.23. The highest BCUT2D eigenvalue weighted by molar-refractivity contribution is 5.45. The summed E-state index contributed by atoms with van der Waals surface area (Å²) in [6, 6.07) is 0.246. The normalized spacial score (nSPS) is 10.5.